The number of amides is 1. The fourth-order valence-electron chi connectivity index (χ4n) is 3.81. The van der Waals surface area contributed by atoms with Gasteiger partial charge in [0.1, 0.15) is 0 Å². The van der Waals surface area contributed by atoms with Crippen molar-refractivity contribution in [3.63, 3.8) is 0 Å². The topological polar surface area (TPSA) is 57.7 Å². The zero-order valence-electron chi connectivity index (χ0n) is 14.1. The van der Waals surface area contributed by atoms with E-state index in [1.165, 1.54) is 9.87 Å². The fourth-order valence-corrected chi connectivity index (χ4v) is 5.44. The van der Waals surface area contributed by atoms with E-state index in [4.69, 9.17) is 0 Å². The number of benzene rings is 2. The number of hydrogen-bond acceptors (Lipinski definition) is 3. The largest absolute Gasteiger partial charge is 0.333 e. The molecule has 1 atom stereocenters. The molecule has 2 aliphatic rings. The number of aryl methyl sites for hydroxylation is 1. The standard InChI is InChI=1S/C19H20N2O3S/c1-14-6-2-5-9-18(14)25(23,24)20-12-17-16-8-4-3-7-15(16)10-11-21(17)19(22)13-20/h2-9,17H,10-13H2,1H3. The average molecular weight is 356 g/mol. The lowest BCUT2D eigenvalue weighted by Crippen LogP contribution is -2.55. The number of sulfonamides is 1. The molecule has 0 aromatic heterocycles. The minimum absolute atomic E-state index is 0.0880. The van der Waals surface area contributed by atoms with Crippen LogP contribution in [0.5, 0.6) is 0 Å². The van der Waals surface area contributed by atoms with Crippen molar-refractivity contribution in [2.45, 2.75) is 24.3 Å². The van der Waals surface area contributed by atoms with Crippen LogP contribution in [0.25, 0.3) is 0 Å². The van der Waals surface area contributed by atoms with Gasteiger partial charge in [-0.05, 0) is 36.1 Å². The van der Waals surface area contributed by atoms with E-state index in [-0.39, 0.29) is 23.4 Å². The highest BCUT2D eigenvalue weighted by molar-refractivity contribution is 7.89. The first-order chi connectivity index (χ1) is 12.0. The summed E-state index contributed by atoms with van der Waals surface area (Å²) < 4.78 is 27.5. The minimum atomic E-state index is -3.69. The van der Waals surface area contributed by atoms with Crippen molar-refractivity contribution in [3.05, 3.63) is 65.2 Å². The Morgan fingerprint density at radius 1 is 1.04 bits per heavy atom. The van der Waals surface area contributed by atoms with E-state index in [2.05, 4.69) is 6.07 Å². The second-order valence-electron chi connectivity index (χ2n) is 6.61. The maximum atomic E-state index is 13.1. The van der Waals surface area contributed by atoms with Crippen LogP contribution in [0, 0.1) is 6.92 Å². The van der Waals surface area contributed by atoms with Crippen LogP contribution in [0.4, 0.5) is 0 Å². The number of piperazine rings is 1. The Bertz CT molecular complexity index is 939. The van der Waals surface area contributed by atoms with Gasteiger partial charge < -0.3 is 4.90 Å². The molecule has 0 radical (unpaired) electrons. The van der Waals surface area contributed by atoms with Crippen LogP contribution in [0.1, 0.15) is 22.7 Å². The maximum absolute atomic E-state index is 13.1. The molecule has 0 bridgehead atoms. The monoisotopic (exact) mass is 356 g/mol. The normalized spacial score (nSPS) is 20.9. The van der Waals surface area contributed by atoms with E-state index in [1.54, 1.807) is 25.1 Å². The van der Waals surface area contributed by atoms with Crippen LogP contribution >= 0.6 is 0 Å². The summed E-state index contributed by atoms with van der Waals surface area (Å²) in [4.78, 5) is 14.7. The van der Waals surface area contributed by atoms with Gasteiger partial charge in [0.05, 0.1) is 17.5 Å². The van der Waals surface area contributed by atoms with Gasteiger partial charge in [-0.15, -0.1) is 0 Å². The molecule has 1 unspecified atom stereocenters. The van der Waals surface area contributed by atoms with Crippen LogP contribution in [-0.4, -0.2) is 43.2 Å². The molecule has 25 heavy (non-hydrogen) atoms. The summed E-state index contributed by atoms with van der Waals surface area (Å²) >= 11 is 0. The quantitative estimate of drug-likeness (QED) is 0.828. The van der Waals surface area contributed by atoms with Crippen LogP contribution < -0.4 is 0 Å². The molecule has 2 aromatic rings. The minimum Gasteiger partial charge on any atom is -0.333 e. The van der Waals surface area contributed by atoms with Gasteiger partial charge in [-0.3, -0.25) is 4.79 Å². The van der Waals surface area contributed by atoms with E-state index in [1.807, 2.05) is 29.2 Å². The van der Waals surface area contributed by atoms with E-state index in [0.29, 0.717) is 18.7 Å². The lowest BCUT2D eigenvalue weighted by atomic mass is 9.91. The molecule has 0 aliphatic carbocycles. The number of hydrogen-bond donors (Lipinski definition) is 0. The van der Waals surface area contributed by atoms with Crippen LogP contribution in [0.15, 0.2) is 53.4 Å². The Hall–Kier alpha value is -2.18. The van der Waals surface area contributed by atoms with Crippen molar-refractivity contribution in [2.75, 3.05) is 19.6 Å². The van der Waals surface area contributed by atoms with Crippen LogP contribution in [0.2, 0.25) is 0 Å². The Labute approximate surface area is 147 Å². The van der Waals surface area contributed by atoms with E-state index >= 15 is 0 Å². The smallest absolute Gasteiger partial charge is 0.243 e. The van der Waals surface area contributed by atoms with Crippen molar-refractivity contribution in [1.82, 2.24) is 9.21 Å². The molecule has 1 amide bonds. The van der Waals surface area contributed by atoms with Crippen molar-refractivity contribution in [3.8, 4) is 0 Å². The summed E-state index contributed by atoms with van der Waals surface area (Å²) in [6.07, 6.45) is 0.822. The molecule has 0 spiro atoms. The van der Waals surface area contributed by atoms with Crippen molar-refractivity contribution >= 4 is 15.9 Å². The first-order valence-corrected chi connectivity index (χ1v) is 9.85. The predicted molar refractivity (Wildman–Crippen MR) is 94.5 cm³/mol. The molecule has 130 valence electrons. The van der Waals surface area contributed by atoms with Gasteiger partial charge in [-0.1, -0.05) is 42.5 Å². The van der Waals surface area contributed by atoms with E-state index < -0.39 is 10.0 Å². The third-order valence-electron chi connectivity index (χ3n) is 5.13. The lowest BCUT2D eigenvalue weighted by molar-refractivity contribution is -0.138. The average Bonchev–Trinajstić information content (AvgIpc) is 2.61. The number of rotatable bonds is 2. The predicted octanol–water partition coefficient (Wildman–Crippen LogP) is 2.13. The summed E-state index contributed by atoms with van der Waals surface area (Å²) in [5.41, 5.74) is 2.96. The van der Waals surface area contributed by atoms with Gasteiger partial charge in [-0.25, -0.2) is 8.42 Å². The second-order valence-corrected chi connectivity index (χ2v) is 8.52. The molecule has 0 N–H and O–H groups in total. The first-order valence-electron chi connectivity index (χ1n) is 8.41. The Balaban J connectivity index is 1.73. The van der Waals surface area contributed by atoms with Gasteiger partial charge in [-0.2, -0.15) is 4.31 Å². The summed E-state index contributed by atoms with van der Waals surface area (Å²) in [7, 11) is -3.69. The van der Waals surface area contributed by atoms with E-state index in [9.17, 15) is 13.2 Å². The molecule has 0 saturated carbocycles. The van der Waals surface area contributed by atoms with Crippen LogP contribution in [0.3, 0.4) is 0 Å². The number of fused-ring (bicyclic) bond motifs is 3. The summed E-state index contributed by atoms with van der Waals surface area (Å²) in [6, 6.07) is 14.7. The molecule has 2 heterocycles. The number of nitrogens with zero attached hydrogens (tertiary/aromatic N) is 2. The zero-order chi connectivity index (χ0) is 17.6. The van der Waals surface area contributed by atoms with Gasteiger partial charge in [0.25, 0.3) is 0 Å². The third kappa shape index (κ3) is 2.65. The lowest BCUT2D eigenvalue weighted by Gasteiger charge is -2.44. The maximum Gasteiger partial charge on any atom is 0.243 e. The third-order valence-corrected chi connectivity index (χ3v) is 7.10. The Morgan fingerprint density at radius 2 is 1.76 bits per heavy atom. The molecule has 6 heteroatoms. The summed E-state index contributed by atoms with van der Waals surface area (Å²) in [5.74, 6) is -0.122. The molecule has 1 saturated heterocycles. The van der Waals surface area contributed by atoms with Crippen molar-refractivity contribution in [2.24, 2.45) is 0 Å². The van der Waals surface area contributed by atoms with Crippen molar-refractivity contribution < 1.29 is 13.2 Å². The molecular weight excluding hydrogens is 336 g/mol. The summed E-state index contributed by atoms with van der Waals surface area (Å²) in [6.45, 7) is 2.65. The molecule has 5 nitrogen and oxygen atoms in total. The number of carbonyl (C=O) groups is 1. The SMILES string of the molecule is Cc1ccccc1S(=O)(=O)N1CC(=O)N2CCc3ccccc3C2C1. The number of carbonyl (C=O) groups excluding carboxylic acids is 1. The molecule has 4 rings (SSSR count). The van der Waals surface area contributed by atoms with Crippen molar-refractivity contribution in [1.29, 1.82) is 0 Å². The highest BCUT2D eigenvalue weighted by Gasteiger charge is 2.41. The molecule has 2 aliphatic heterocycles. The van der Waals surface area contributed by atoms with Gasteiger partial charge in [0, 0.05) is 13.1 Å². The fraction of sp³-hybridized carbons (Fsp3) is 0.316. The first kappa shape index (κ1) is 16.3. The molecule has 2 aromatic carbocycles. The van der Waals surface area contributed by atoms with Gasteiger partial charge in [0.15, 0.2) is 0 Å². The molecule has 1 fully saturated rings. The zero-order valence-corrected chi connectivity index (χ0v) is 14.9. The highest BCUT2D eigenvalue weighted by Crippen LogP contribution is 2.35. The van der Waals surface area contributed by atoms with Gasteiger partial charge >= 0.3 is 0 Å². The summed E-state index contributed by atoms with van der Waals surface area (Å²) in [5, 5.41) is 0. The Kier molecular flexibility index (Phi) is 3.89. The second kappa shape index (κ2) is 5.97. The van der Waals surface area contributed by atoms with Crippen LogP contribution in [-0.2, 0) is 21.2 Å². The van der Waals surface area contributed by atoms with E-state index in [0.717, 1.165) is 12.0 Å². The Morgan fingerprint density at radius 3 is 2.56 bits per heavy atom. The molecular formula is C19H20N2O3S. The highest BCUT2D eigenvalue weighted by atomic mass is 32.2. The van der Waals surface area contributed by atoms with Gasteiger partial charge in [0.2, 0.25) is 15.9 Å².